The van der Waals surface area contributed by atoms with Gasteiger partial charge in [0, 0.05) is 18.3 Å². The fraction of sp³-hybridized carbons (Fsp3) is 0.571. The monoisotopic (exact) mass is 269 g/mol. The lowest BCUT2D eigenvalue weighted by Gasteiger charge is -2.28. The Morgan fingerprint density at radius 2 is 2.33 bits per heavy atom. The van der Waals surface area contributed by atoms with Gasteiger partial charge in [0.1, 0.15) is 5.75 Å². The van der Waals surface area contributed by atoms with Crippen molar-refractivity contribution in [2.75, 3.05) is 18.5 Å². The van der Waals surface area contributed by atoms with Gasteiger partial charge in [-0.2, -0.15) is 0 Å². The van der Waals surface area contributed by atoms with E-state index < -0.39 is 0 Å². The summed E-state index contributed by atoms with van der Waals surface area (Å²) in [6.45, 7) is 5.51. The maximum absolute atomic E-state index is 6.16. The van der Waals surface area contributed by atoms with Crippen LogP contribution in [-0.4, -0.2) is 25.4 Å². The molecule has 0 aromatic heterocycles. The molecule has 4 heteroatoms. The Balaban J connectivity index is 1.99. The van der Waals surface area contributed by atoms with E-state index in [4.69, 9.17) is 21.1 Å². The maximum Gasteiger partial charge on any atom is 0.138 e. The molecule has 2 unspecified atom stereocenters. The molecule has 0 amide bonds. The summed E-state index contributed by atoms with van der Waals surface area (Å²) >= 11 is 6.16. The second-order valence-electron chi connectivity index (χ2n) is 4.63. The van der Waals surface area contributed by atoms with Gasteiger partial charge in [0.05, 0.1) is 17.7 Å². The number of nitrogens with one attached hydrogen (secondary N) is 1. The van der Waals surface area contributed by atoms with Crippen LogP contribution in [0.25, 0.3) is 0 Å². The van der Waals surface area contributed by atoms with E-state index in [1.807, 2.05) is 25.1 Å². The molecule has 0 bridgehead atoms. The normalized spacial score (nSPS) is 23.7. The van der Waals surface area contributed by atoms with Crippen molar-refractivity contribution in [3.05, 3.63) is 23.2 Å². The molecule has 2 atom stereocenters. The summed E-state index contributed by atoms with van der Waals surface area (Å²) in [5, 5.41) is 4.16. The summed E-state index contributed by atoms with van der Waals surface area (Å²) in [6, 6.07) is 6.31. The van der Waals surface area contributed by atoms with Crippen LogP contribution in [0.5, 0.6) is 5.75 Å². The minimum atomic E-state index is 0.328. The zero-order valence-corrected chi connectivity index (χ0v) is 11.7. The van der Waals surface area contributed by atoms with Crippen LogP contribution in [0.2, 0.25) is 5.02 Å². The molecule has 1 N–H and O–H groups in total. The van der Waals surface area contributed by atoms with E-state index in [9.17, 15) is 0 Å². The molecule has 1 heterocycles. The molecule has 2 rings (SSSR count). The molecule has 1 aromatic carbocycles. The van der Waals surface area contributed by atoms with Gasteiger partial charge in [-0.05, 0) is 44.9 Å². The van der Waals surface area contributed by atoms with Crippen LogP contribution in [0.1, 0.15) is 26.7 Å². The first-order valence-electron chi connectivity index (χ1n) is 6.49. The summed E-state index contributed by atoms with van der Waals surface area (Å²) in [4.78, 5) is 0. The lowest BCUT2D eigenvalue weighted by atomic mass is 10.0. The van der Waals surface area contributed by atoms with E-state index in [-0.39, 0.29) is 0 Å². The van der Waals surface area contributed by atoms with Crippen molar-refractivity contribution in [2.24, 2.45) is 0 Å². The van der Waals surface area contributed by atoms with Gasteiger partial charge in [0.2, 0.25) is 0 Å². The Hall–Kier alpha value is -0.930. The van der Waals surface area contributed by atoms with Gasteiger partial charge in [-0.3, -0.25) is 0 Å². The Kier molecular flexibility index (Phi) is 4.72. The zero-order valence-electron chi connectivity index (χ0n) is 10.9. The van der Waals surface area contributed by atoms with E-state index >= 15 is 0 Å². The third-order valence-electron chi connectivity index (χ3n) is 3.09. The highest BCUT2D eigenvalue weighted by atomic mass is 35.5. The smallest absolute Gasteiger partial charge is 0.138 e. The standard InChI is InChI=1S/C14H20ClNO2/c1-3-17-14-5-4-11(9-13(14)15)16-12-6-7-18-10(2)8-12/h4-5,9-10,12,16H,3,6-8H2,1-2H3. The molecule has 18 heavy (non-hydrogen) atoms. The molecule has 0 saturated carbocycles. The predicted molar refractivity (Wildman–Crippen MR) is 74.7 cm³/mol. The number of halogens is 1. The second kappa shape index (κ2) is 6.30. The summed E-state index contributed by atoms with van der Waals surface area (Å²) in [5.74, 6) is 0.741. The van der Waals surface area contributed by atoms with Crippen LogP contribution >= 0.6 is 11.6 Å². The van der Waals surface area contributed by atoms with Crippen LogP contribution < -0.4 is 10.1 Å². The molecule has 1 aromatic rings. The van der Waals surface area contributed by atoms with Crippen LogP contribution in [0, 0.1) is 0 Å². The molecule has 0 aliphatic carbocycles. The van der Waals surface area contributed by atoms with Gasteiger partial charge in [-0.15, -0.1) is 0 Å². The summed E-state index contributed by atoms with van der Waals surface area (Å²) in [6.07, 6.45) is 2.40. The average molecular weight is 270 g/mol. The zero-order chi connectivity index (χ0) is 13.0. The third kappa shape index (κ3) is 3.53. The SMILES string of the molecule is CCOc1ccc(NC2CCOC(C)C2)cc1Cl. The van der Waals surface area contributed by atoms with Gasteiger partial charge in [-0.1, -0.05) is 11.6 Å². The molecular weight excluding hydrogens is 250 g/mol. The first-order chi connectivity index (χ1) is 8.69. The molecule has 1 saturated heterocycles. The highest BCUT2D eigenvalue weighted by molar-refractivity contribution is 6.32. The molecule has 3 nitrogen and oxygen atoms in total. The number of ether oxygens (including phenoxy) is 2. The Morgan fingerprint density at radius 1 is 1.50 bits per heavy atom. The highest BCUT2D eigenvalue weighted by Gasteiger charge is 2.19. The molecule has 0 spiro atoms. The van der Waals surface area contributed by atoms with Crippen molar-refractivity contribution < 1.29 is 9.47 Å². The van der Waals surface area contributed by atoms with E-state index in [2.05, 4.69) is 12.2 Å². The second-order valence-corrected chi connectivity index (χ2v) is 5.03. The van der Waals surface area contributed by atoms with Crippen molar-refractivity contribution in [1.82, 2.24) is 0 Å². The Bertz CT molecular complexity index is 397. The number of hydrogen-bond donors (Lipinski definition) is 1. The van der Waals surface area contributed by atoms with E-state index in [1.54, 1.807) is 0 Å². The first-order valence-corrected chi connectivity index (χ1v) is 6.87. The molecular formula is C14H20ClNO2. The van der Waals surface area contributed by atoms with Crippen molar-refractivity contribution in [2.45, 2.75) is 38.8 Å². The number of benzene rings is 1. The quantitative estimate of drug-likeness (QED) is 0.904. The van der Waals surface area contributed by atoms with Gasteiger partial charge >= 0.3 is 0 Å². The van der Waals surface area contributed by atoms with Gasteiger partial charge in [0.15, 0.2) is 0 Å². The van der Waals surface area contributed by atoms with E-state index in [0.717, 1.165) is 30.9 Å². The van der Waals surface area contributed by atoms with E-state index in [1.165, 1.54) is 0 Å². The van der Waals surface area contributed by atoms with Crippen molar-refractivity contribution in [3.63, 3.8) is 0 Å². The fourth-order valence-corrected chi connectivity index (χ4v) is 2.46. The first kappa shape index (κ1) is 13.5. The molecule has 100 valence electrons. The topological polar surface area (TPSA) is 30.5 Å². The predicted octanol–water partition coefficient (Wildman–Crippen LogP) is 3.72. The lowest BCUT2D eigenvalue weighted by Crippen LogP contribution is -2.32. The number of rotatable bonds is 4. The van der Waals surface area contributed by atoms with Crippen molar-refractivity contribution >= 4 is 17.3 Å². The highest BCUT2D eigenvalue weighted by Crippen LogP contribution is 2.29. The average Bonchev–Trinajstić information content (AvgIpc) is 2.33. The lowest BCUT2D eigenvalue weighted by molar-refractivity contribution is 0.0232. The van der Waals surface area contributed by atoms with Crippen LogP contribution in [0.3, 0.4) is 0 Å². The Morgan fingerprint density at radius 3 is 3.00 bits per heavy atom. The number of hydrogen-bond acceptors (Lipinski definition) is 3. The maximum atomic E-state index is 6.16. The molecule has 1 aliphatic rings. The van der Waals surface area contributed by atoms with E-state index in [0.29, 0.717) is 23.8 Å². The van der Waals surface area contributed by atoms with Gasteiger partial charge in [-0.25, -0.2) is 0 Å². The minimum Gasteiger partial charge on any atom is -0.492 e. The fourth-order valence-electron chi connectivity index (χ4n) is 2.23. The van der Waals surface area contributed by atoms with Crippen LogP contribution in [0.15, 0.2) is 18.2 Å². The molecule has 1 aliphatic heterocycles. The summed E-state index contributed by atoms with van der Waals surface area (Å²) in [7, 11) is 0. The van der Waals surface area contributed by atoms with Crippen molar-refractivity contribution in [1.29, 1.82) is 0 Å². The number of anilines is 1. The van der Waals surface area contributed by atoms with Crippen LogP contribution in [0.4, 0.5) is 5.69 Å². The van der Waals surface area contributed by atoms with Crippen molar-refractivity contribution in [3.8, 4) is 5.75 Å². The van der Waals surface area contributed by atoms with Gasteiger partial charge < -0.3 is 14.8 Å². The summed E-state index contributed by atoms with van der Waals surface area (Å²) < 4.78 is 11.0. The largest absolute Gasteiger partial charge is 0.492 e. The molecule has 0 radical (unpaired) electrons. The van der Waals surface area contributed by atoms with Crippen LogP contribution in [-0.2, 0) is 4.74 Å². The third-order valence-corrected chi connectivity index (χ3v) is 3.38. The minimum absolute atomic E-state index is 0.328. The van der Waals surface area contributed by atoms with Gasteiger partial charge in [0.25, 0.3) is 0 Å². The summed E-state index contributed by atoms with van der Waals surface area (Å²) in [5.41, 5.74) is 1.04. The Labute approximate surface area is 113 Å². The molecule has 1 fully saturated rings.